The molecule has 5 nitrogen and oxygen atoms in total. The minimum absolute atomic E-state index is 0.0786. The molecule has 5 rings (SSSR count). The molecule has 0 aliphatic carbocycles. The van der Waals surface area contributed by atoms with Crippen molar-refractivity contribution in [2.75, 3.05) is 19.6 Å². The molecule has 1 fully saturated rings. The number of β-amino-alcohol motifs (C(OH)–C–C–N with tert-alkyl or cyclic N) is 1. The van der Waals surface area contributed by atoms with Gasteiger partial charge < -0.3 is 14.6 Å². The molecule has 0 amide bonds. The first-order valence-corrected chi connectivity index (χ1v) is 12.0. The second-order valence-electron chi connectivity index (χ2n) is 9.45. The Labute approximate surface area is 200 Å². The Bertz CT molecular complexity index is 1350. The average Bonchev–Trinajstić information content (AvgIpc) is 2.86. The van der Waals surface area contributed by atoms with Crippen LogP contribution in [-0.2, 0) is 7.05 Å². The Morgan fingerprint density at radius 3 is 2.38 bits per heavy atom. The number of aromatic nitrogens is 2. The lowest BCUT2D eigenvalue weighted by molar-refractivity contribution is 0.109. The highest BCUT2D eigenvalue weighted by Crippen LogP contribution is 2.36. The minimum atomic E-state index is -0.330. The van der Waals surface area contributed by atoms with Crippen molar-refractivity contribution in [1.82, 2.24) is 14.5 Å². The molecule has 0 radical (unpaired) electrons. The van der Waals surface area contributed by atoms with Gasteiger partial charge in [0.05, 0.1) is 11.8 Å². The van der Waals surface area contributed by atoms with Gasteiger partial charge in [-0.2, -0.15) is 0 Å². The minimum Gasteiger partial charge on any atom is -0.392 e. The maximum Gasteiger partial charge on any atom is 0.254 e. The number of nitrogens with zero attached hydrogens (tertiary/aromatic N) is 3. The summed E-state index contributed by atoms with van der Waals surface area (Å²) >= 11 is 0. The fourth-order valence-electron chi connectivity index (χ4n) is 5.29. The number of hydrogen-bond donors (Lipinski definition) is 1. The van der Waals surface area contributed by atoms with Gasteiger partial charge in [0.1, 0.15) is 0 Å². The van der Waals surface area contributed by atoms with E-state index in [9.17, 15) is 9.90 Å². The van der Waals surface area contributed by atoms with Crippen LogP contribution < -0.4 is 5.56 Å². The smallest absolute Gasteiger partial charge is 0.254 e. The highest BCUT2D eigenvalue weighted by Gasteiger charge is 2.26. The van der Waals surface area contributed by atoms with E-state index in [2.05, 4.69) is 46.3 Å². The predicted molar refractivity (Wildman–Crippen MR) is 138 cm³/mol. The van der Waals surface area contributed by atoms with E-state index in [1.54, 1.807) is 12.4 Å². The van der Waals surface area contributed by atoms with E-state index < -0.39 is 0 Å². The van der Waals surface area contributed by atoms with Gasteiger partial charge in [0, 0.05) is 37.1 Å². The van der Waals surface area contributed by atoms with Crippen molar-refractivity contribution >= 4 is 10.8 Å². The molecule has 0 spiro atoms. The SMILES string of the molecule is C[C@@H](O)CN1CCC(c2cc(-c3ccncc3)c(-c3ccc4ccccc4c3)n(C)c2=O)CC1. The molecule has 174 valence electrons. The summed E-state index contributed by atoms with van der Waals surface area (Å²) < 4.78 is 1.83. The maximum absolute atomic E-state index is 13.7. The lowest BCUT2D eigenvalue weighted by atomic mass is 9.87. The summed E-state index contributed by atoms with van der Waals surface area (Å²) in [6.45, 7) is 4.31. The van der Waals surface area contributed by atoms with Crippen LogP contribution in [0.1, 0.15) is 31.2 Å². The first kappa shape index (κ1) is 22.5. The summed E-state index contributed by atoms with van der Waals surface area (Å²) in [7, 11) is 1.89. The summed E-state index contributed by atoms with van der Waals surface area (Å²) in [6, 6.07) is 20.9. The Balaban J connectivity index is 1.61. The van der Waals surface area contributed by atoms with Crippen LogP contribution in [0.3, 0.4) is 0 Å². The second kappa shape index (κ2) is 9.53. The number of aliphatic hydroxyl groups is 1. The van der Waals surface area contributed by atoms with Crippen molar-refractivity contribution < 1.29 is 5.11 Å². The largest absolute Gasteiger partial charge is 0.392 e. The maximum atomic E-state index is 13.7. The fraction of sp³-hybridized carbons (Fsp3) is 0.310. The highest BCUT2D eigenvalue weighted by atomic mass is 16.3. The topological polar surface area (TPSA) is 58.4 Å². The van der Waals surface area contributed by atoms with E-state index in [-0.39, 0.29) is 17.6 Å². The van der Waals surface area contributed by atoms with Crippen LogP contribution in [-0.4, -0.2) is 45.3 Å². The molecule has 3 heterocycles. The van der Waals surface area contributed by atoms with Gasteiger partial charge in [-0.15, -0.1) is 0 Å². The summed E-state index contributed by atoms with van der Waals surface area (Å²) in [5.74, 6) is 0.218. The monoisotopic (exact) mass is 453 g/mol. The molecular weight excluding hydrogens is 422 g/mol. The van der Waals surface area contributed by atoms with Crippen LogP contribution in [0.4, 0.5) is 0 Å². The molecule has 2 aromatic heterocycles. The quantitative estimate of drug-likeness (QED) is 0.470. The Morgan fingerprint density at radius 2 is 1.68 bits per heavy atom. The van der Waals surface area contributed by atoms with Crippen molar-refractivity contribution in [1.29, 1.82) is 0 Å². The zero-order valence-electron chi connectivity index (χ0n) is 19.8. The first-order chi connectivity index (χ1) is 16.5. The molecule has 2 aromatic carbocycles. The number of pyridine rings is 2. The van der Waals surface area contributed by atoms with E-state index in [0.29, 0.717) is 6.54 Å². The van der Waals surface area contributed by atoms with Gasteiger partial charge in [0.15, 0.2) is 0 Å². The number of rotatable bonds is 5. The molecule has 1 N–H and O–H groups in total. The van der Waals surface area contributed by atoms with E-state index in [1.807, 2.05) is 42.8 Å². The van der Waals surface area contributed by atoms with Gasteiger partial charge in [-0.1, -0.05) is 36.4 Å². The van der Waals surface area contributed by atoms with Gasteiger partial charge in [0.25, 0.3) is 5.56 Å². The van der Waals surface area contributed by atoms with Crippen molar-refractivity contribution in [3.8, 4) is 22.4 Å². The Kier molecular flexibility index (Phi) is 6.31. The average molecular weight is 454 g/mol. The molecule has 4 aromatic rings. The third-order valence-corrected chi connectivity index (χ3v) is 7.01. The van der Waals surface area contributed by atoms with E-state index in [1.165, 1.54) is 5.39 Å². The lowest BCUT2D eigenvalue weighted by Gasteiger charge is -2.33. The summed E-state index contributed by atoms with van der Waals surface area (Å²) in [6.07, 6.45) is 5.13. The molecule has 0 bridgehead atoms. The number of benzene rings is 2. The Morgan fingerprint density at radius 1 is 0.971 bits per heavy atom. The Hall–Kier alpha value is -3.28. The molecular formula is C29H31N3O2. The van der Waals surface area contributed by atoms with E-state index >= 15 is 0 Å². The molecule has 5 heteroatoms. The summed E-state index contributed by atoms with van der Waals surface area (Å²) in [5.41, 5.74) is 5.04. The zero-order chi connectivity index (χ0) is 23.7. The standard InChI is InChI=1S/C29H31N3O2/c1-20(33)19-32-15-11-23(12-16-32)27-18-26(22-9-13-30-14-10-22)28(31(2)29(27)34)25-8-7-21-5-3-4-6-24(21)17-25/h3-10,13-14,17-18,20,23,33H,11-12,15-16,19H2,1-2H3/t20-/m1/s1. The predicted octanol–water partition coefficient (Wildman–Crippen LogP) is 4.83. The van der Waals surface area contributed by atoms with Gasteiger partial charge in [-0.25, -0.2) is 0 Å². The molecule has 34 heavy (non-hydrogen) atoms. The lowest BCUT2D eigenvalue weighted by Crippen LogP contribution is -2.38. The molecule has 1 aliphatic rings. The van der Waals surface area contributed by atoms with Crippen LogP contribution in [0.5, 0.6) is 0 Å². The number of aliphatic hydroxyl groups excluding tert-OH is 1. The fourth-order valence-corrected chi connectivity index (χ4v) is 5.29. The van der Waals surface area contributed by atoms with Gasteiger partial charge in [-0.3, -0.25) is 9.78 Å². The van der Waals surface area contributed by atoms with Gasteiger partial charge in [0.2, 0.25) is 0 Å². The van der Waals surface area contributed by atoms with E-state index in [0.717, 1.165) is 59.3 Å². The molecule has 1 saturated heterocycles. The number of fused-ring (bicyclic) bond motifs is 1. The van der Waals surface area contributed by atoms with Gasteiger partial charge >= 0.3 is 0 Å². The third kappa shape index (κ3) is 4.41. The molecule has 1 aliphatic heterocycles. The zero-order valence-corrected chi connectivity index (χ0v) is 19.8. The normalized spacial score (nSPS) is 16.1. The van der Waals surface area contributed by atoms with Crippen molar-refractivity contribution in [2.24, 2.45) is 7.05 Å². The van der Waals surface area contributed by atoms with Crippen molar-refractivity contribution in [2.45, 2.75) is 31.8 Å². The summed E-state index contributed by atoms with van der Waals surface area (Å²) in [5, 5.41) is 12.1. The van der Waals surface area contributed by atoms with Crippen molar-refractivity contribution in [3.05, 3.63) is 89.0 Å². The second-order valence-corrected chi connectivity index (χ2v) is 9.45. The van der Waals surface area contributed by atoms with Crippen molar-refractivity contribution in [3.63, 3.8) is 0 Å². The van der Waals surface area contributed by atoms with Crippen LogP contribution in [0.25, 0.3) is 33.2 Å². The summed E-state index contributed by atoms with van der Waals surface area (Å²) in [4.78, 5) is 20.2. The van der Waals surface area contributed by atoms with Gasteiger partial charge in [-0.05, 0) is 84.9 Å². The third-order valence-electron chi connectivity index (χ3n) is 7.01. The number of hydrogen-bond acceptors (Lipinski definition) is 4. The molecule has 0 unspecified atom stereocenters. The number of likely N-dealkylation sites (tertiary alicyclic amines) is 1. The molecule has 1 atom stereocenters. The first-order valence-electron chi connectivity index (χ1n) is 12.0. The van der Waals surface area contributed by atoms with Crippen LogP contribution in [0, 0.1) is 0 Å². The van der Waals surface area contributed by atoms with E-state index in [4.69, 9.17) is 0 Å². The number of piperidine rings is 1. The van der Waals surface area contributed by atoms with Crippen LogP contribution >= 0.6 is 0 Å². The highest BCUT2D eigenvalue weighted by molar-refractivity contribution is 5.90. The van der Waals surface area contributed by atoms with Crippen LogP contribution in [0.2, 0.25) is 0 Å². The molecule has 0 saturated carbocycles. The van der Waals surface area contributed by atoms with Crippen LogP contribution in [0.15, 0.2) is 77.9 Å².